The first-order valence-electron chi connectivity index (χ1n) is 9.35. The zero-order valence-corrected chi connectivity index (χ0v) is 16.6. The van der Waals surface area contributed by atoms with E-state index in [1.54, 1.807) is 6.07 Å². The summed E-state index contributed by atoms with van der Waals surface area (Å²) in [4.78, 5) is 25.6. The Hall–Kier alpha value is -2.18. The molecule has 1 aliphatic rings. The third kappa shape index (κ3) is 5.91. The van der Waals surface area contributed by atoms with E-state index in [1.165, 1.54) is 24.2 Å². The molecule has 1 aromatic heterocycles. The topological polar surface area (TPSA) is 67.4 Å². The van der Waals surface area contributed by atoms with E-state index in [0.717, 1.165) is 18.1 Å². The van der Waals surface area contributed by atoms with Gasteiger partial charge < -0.3 is 15.4 Å². The number of rotatable bonds is 9. The molecule has 6 heteroatoms. The van der Waals surface area contributed by atoms with E-state index < -0.39 is 6.04 Å². The Morgan fingerprint density at radius 2 is 2.04 bits per heavy atom. The number of carbonyl (C=O) groups excluding carboxylic acids is 2. The van der Waals surface area contributed by atoms with Crippen LogP contribution in [0, 0.1) is 11.8 Å². The lowest BCUT2D eigenvalue weighted by Gasteiger charge is -2.21. The van der Waals surface area contributed by atoms with Crippen LogP contribution in [0.2, 0.25) is 0 Å². The van der Waals surface area contributed by atoms with Gasteiger partial charge in [0.1, 0.15) is 6.04 Å². The summed E-state index contributed by atoms with van der Waals surface area (Å²) in [6, 6.07) is 10.6. The van der Waals surface area contributed by atoms with Crippen LogP contribution in [-0.2, 0) is 16.1 Å². The molecule has 1 fully saturated rings. The van der Waals surface area contributed by atoms with Gasteiger partial charge >= 0.3 is 0 Å². The minimum Gasteiger partial charge on any atom is -0.376 e. The van der Waals surface area contributed by atoms with Crippen molar-refractivity contribution in [2.45, 2.75) is 39.3 Å². The van der Waals surface area contributed by atoms with Gasteiger partial charge in [-0.1, -0.05) is 32.0 Å². The SMILES string of the molecule is CC(C)C(NC(=O)c1cccs1)C(=O)Nc1cccc(COCC2CC2)c1. The van der Waals surface area contributed by atoms with Crippen LogP contribution < -0.4 is 10.6 Å². The molecule has 0 aliphatic heterocycles. The predicted molar refractivity (Wildman–Crippen MR) is 108 cm³/mol. The van der Waals surface area contributed by atoms with Gasteiger partial charge in [0.25, 0.3) is 5.91 Å². The number of hydrogen-bond donors (Lipinski definition) is 2. The summed E-state index contributed by atoms with van der Waals surface area (Å²) < 4.78 is 5.71. The second-order valence-electron chi connectivity index (χ2n) is 7.32. The second-order valence-corrected chi connectivity index (χ2v) is 8.27. The molecule has 0 saturated heterocycles. The highest BCUT2D eigenvalue weighted by atomic mass is 32.1. The summed E-state index contributed by atoms with van der Waals surface area (Å²) in [5.74, 6) is 0.262. The van der Waals surface area contributed by atoms with Crippen LogP contribution in [-0.4, -0.2) is 24.5 Å². The molecule has 1 unspecified atom stereocenters. The van der Waals surface area contributed by atoms with Gasteiger partial charge in [-0.2, -0.15) is 0 Å². The van der Waals surface area contributed by atoms with Gasteiger partial charge in [-0.3, -0.25) is 9.59 Å². The van der Waals surface area contributed by atoms with Crippen molar-refractivity contribution in [3.05, 3.63) is 52.2 Å². The van der Waals surface area contributed by atoms with Crippen molar-refractivity contribution in [1.82, 2.24) is 5.32 Å². The number of nitrogens with one attached hydrogen (secondary N) is 2. The predicted octanol–water partition coefficient (Wildman–Crippen LogP) is 4.07. The number of hydrogen-bond acceptors (Lipinski definition) is 4. The standard InChI is InChI=1S/C21H26N2O3S/c1-14(2)19(23-20(24)18-7-4-10-27-18)21(25)22-17-6-3-5-16(11-17)13-26-12-15-8-9-15/h3-7,10-11,14-15,19H,8-9,12-13H2,1-2H3,(H,22,25)(H,23,24). The van der Waals surface area contributed by atoms with Gasteiger partial charge in [0.2, 0.25) is 5.91 Å². The summed E-state index contributed by atoms with van der Waals surface area (Å²) in [6.07, 6.45) is 2.54. The fraction of sp³-hybridized carbons (Fsp3) is 0.429. The molecule has 2 aromatic rings. The zero-order valence-electron chi connectivity index (χ0n) is 15.7. The Balaban J connectivity index is 1.58. The lowest BCUT2D eigenvalue weighted by molar-refractivity contribution is -0.118. The van der Waals surface area contributed by atoms with Gasteiger partial charge in [-0.15, -0.1) is 11.3 Å². The van der Waals surface area contributed by atoms with E-state index in [9.17, 15) is 9.59 Å². The molecule has 0 bridgehead atoms. The van der Waals surface area contributed by atoms with Crippen molar-refractivity contribution < 1.29 is 14.3 Å². The van der Waals surface area contributed by atoms with Crippen LogP contribution >= 0.6 is 11.3 Å². The Kier molecular flexibility index (Phi) is 6.63. The van der Waals surface area contributed by atoms with Crippen LogP contribution in [0.4, 0.5) is 5.69 Å². The molecule has 5 nitrogen and oxygen atoms in total. The number of amides is 2. The zero-order chi connectivity index (χ0) is 19.2. The molecule has 1 aromatic carbocycles. The van der Waals surface area contributed by atoms with Gasteiger partial charge in [-0.25, -0.2) is 0 Å². The van der Waals surface area contributed by atoms with Crippen LogP contribution in [0.1, 0.15) is 41.9 Å². The minimum absolute atomic E-state index is 0.0287. The molecule has 0 radical (unpaired) electrons. The normalized spacial score (nSPS) is 14.8. The molecule has 1 aliphatic carbocycles. The first kappa shape index (κ1) is 19.6. The molecular weight excluding hydrogens is 360 g/mol. The maximum atomic E-state index is 12.7. The summed E-state index contributed by atoms with van der Waals surface area (Å²) in [5, 5.41) is 7.61. The van der Waals surface area contributed by atoms with Crippen molar-refractivity contribution in [2.75, 3.05) is 11.9 Å². The first-order valence-corrected chi connectivity index (χ1v) is 10.2. The monoisotopic (exact) mass is 386 g/mol. The molecule has 1 atom stereocenters. The highest BCUT2D eigenvalue weighted by Crippen LogP contribution is 2.29. The van der Waals surface area contributed by atoms with E-state index in [4.69, 9.17) is 4.74 Å². The van der Waals surface area contributed by atoms with E-state index in [2.05, 4.69) is 10.6 Å². The van der Waals surface area contributed by atoms with Gasteiger partial charge in [0, 0.05) is 12.3 Å². The van der Waals surface area contributed by atoms with Crippen molar-refractivity contribution >= 4 is 28.8 Å². The Labute approximate surface area is 164 Å². The maximum Gasteiger partial charge on any atom is 0.262 e. The van der Waals surface area contributed by atoms with Crippen molar-refractivity contribution in [3.8, 4) is 0 Å². The third-order valence-corrected chi connectivity index (χ3v) is 5.36. The van der Waals surface area contributed by atoms with Gasteiger partial charge in [0.15, 0.2) is 0 Å². The van der Waals surface area contributed by atoms with E-state index in [-0.39, 0.29) is 17.7 Å². The van der Waals surface area contributed by atoms with Crippen LogP contribution in [0.25, 0.3) is 0 Å². The fourth-order valence-electron chi connectivity index (χ4n) is 2.74. The lowest BCUT2D eigenvalue weighted by Crippen LogP contribution is -2.46. The summed E-state index contributed by atoms with van der Waals surface area (Å²) in [6.45, 7) is 5.19. The van der Waals surface area contributed by atoms with Crippen molar-refractivity contribution in [2.24, 2.45) is 11.8 Å². The smallest absolute Gasteiger partial charge is 0.262 e. The number of ether oxygens (including phenoxy) is 1. The Morgan fingerprint density at radius 3 is 2.70 bits per heavy atom. The van der Waals surface area contributed by atoms with Crippen molar-refractivity contribution in [3.63, 3.8) is 0 Å². The van der Waals surface area contributed by atoms with E-state index in [1.807, 2.05) is 49.6 Å². The molecule has 1 saturated carbocycles. The molecular formula is C21H26N2O3S. The van der Waals surface area contributed by atoms with Crippen LogP contribution in [0.5, 0.6) is 0 Å². The first-order chi connectivity index (χ1) is 13.0. The molecule has 2 amide bonds. The highest BCUT2D eigenvalue weighted by Gasteiger charge is 2.25. The second kappa shape index (κ2) is 9.15. The summed E-state index contributed by atoms with van der Waals surface area (Å²) >= 11 is 1.36. The number of benzene rings is 1. The van der Waals surface area contributed by atoms with E-state index >= 15 is 0 Å². The summed E-state index contributed by atoms with van der Waals surface area (Å²) in [7, 11) is 0. The molecule has 27 heavy (non-hydrogen) atoms. The molecule has 144 valence electrons. The van der Waals surface area contributed by atoms with Gasteiger partial charge in [0.05, 0.1) is 11.5 Å². The number of thiophene rings is 1. The number of carbonyl (C=O) groups is 2. The Bertz CT molecular complexity index is 769. The average molecular weight is 387 g/mol. The molecule has 3 rings (SSSR count). The van der Waals surface area contributed by atoms with Crippen molar-refractivity contribution in [1.29, 1.82) is 0 Å². The van der Waals surface area contributed by atoms with E-state index in [0.29, 0.717) is 17.2 Å². The van der Waals surface area contributed by atoms with Gasteiger partial charge in [-0.05, 0) is 53.8 Å². The third-order valence-electron chi connectivity index (χ3n) is 4.49. The minimum atomic E-state index is -0.602. The lowest BCUT2D eigenvalue weighted by atomic mass is 10.0. The molecule has 2 N–H and O–H groups in total. The quantitative estimate of drug-likeness (QED) is 0.683. The fourth-order valence-corrected chi connectivity index (χ4v) is 3.37. The Morgan fingerprint density at radius 1 is 1.22 bits per heavy atom. The number of anilines is 1. The summed E-state index contributed by atoms with van der Waals surface area (Å²) in [5.41, 5.74) is 1.74. The maximum absolute atomic E-state index is 12.7. The van der Waals surface area contributed by atoms with Crippen LogP contribution in [0.15, 0.2) is 41.8 Å². The molecule has 1 heterocycles. The van der Waals surface area contributed by atoms with Crippen LogP contribution in [0.3, 0.4) is 0 Å². The largest absolute Gasteiger partial charge is 0.376 e. The highest BCUT2D eigenvalue weighted by molar-refractivity contribution is 7.12. The molecule has 0 spiro atoms. The average Bonchev–Trinajstić information content (AvgIpc) is 3.29.